The normalized spacial score (nSPS) is 15.3. The first-order valence-corrected chi connectivity index (χ1v) is 8.09. The second-order valence-corrected chi connectivity index (χ2v) is 6.30. The molecule has 1 aromatic carbocycles. The lowest BCUT2D eigenvalue weighted by Crippen LogP contribution is -2.48. The van der Waals surface area contributed by atoms with Crippen molar-refractivity contribution in [2.75, 3.05) is 18.0 Å². The fourth-order valence-corrected chi connectivity index (χ4v) is 2.72. The topological polar surface area (TPSA) is 101 Å². The summed E-state index contributed by atoms with van der Waals surface area (Å²) in [6.45, 7) is 4.88. The van der Waals surface area contributed by atoms with Gasteiger partial charge in [0, 0.05) is 18.8 Å². The molecule has 1 aromatic rings. The zero-order chi connectivity index (χ0) is 17.0. The molecule has 0 unspecified atom stereocenters. The average molecular weight is 318 g/mol. The highest BCUT2D eigenvalue weighted by molar-refractivity contribution is 5.98. The van der Waals surface area contributed by atoms with E-state index in [2.05, 4.69) is 11.4 Å². The van der Waals surface area contributed by atoms with E-state index in [0.717, 1.165) is 29.7 Å². The Hall–Kier alpha value is -1.92. The zero-order valence-electron chi connectivity index (χ0n) is 13.8. The number of aryl methyl sites for hydroxylation is 1. The number of benzene rings is 1. The molecular weight excluding hydrogens is 292 g/mol. The maximum atomic E-state index is 12.5. The molecule has 0 saturated heterocycles. The number of rotatable bonds is 5. The lowest BCUT2D eigenvalue weighted by atomic mass is 9.99. The monoisotopic (exact) mass is 318 g/mol. The molecule has 0 bridgehead atoms. The largest absolute Gasteiger partial charge is 0.346 e. The van der Waals surface area contributed by atoms with Crippen molar-refractivity contribution in [1.82, 2.24) is 5.32 Å². The molecule has 2 amide bonds. The smallest absolute Gasteiger partial charge is 0.246 e. The summed E-state index contributed by atoms with van der Waals surface area (Å²) < 4.78 is 0. The number of nitrogens with one attached hydrogen (secondary N) is 1. The number of carbonyl (C=O) groups excluding carboxylic acids is 2. The number of hydrogen-bond acceptors (Lipinski definition) is 4. The molecule has 0 radical (unpaired) electrons. The van der Waals surface area contributed by atoms with Gasteiger partial charge in [0.1, 0.15) is 0 Å². The van der Waals surface area contributed by atoms with Crippen LogP contribution in [0, 0.1) is 5.92 Å². The number of nitrogens with zero attached hydrogens (tertiary/aromatic N) is 1. The molecule has 0 aromatic heterocycles. The molecule has 126 valence electrons. The lowest BCUT2D eigenvalue weighted by Gasteiger charge is -2.30. The van der Waals surface area contributed by atoms with Gasteiger partial charge < -0.3 is 21.7 Å². The molecule has 1 aliphatic rings. The standard InChI is InChI=1S/C17H26N4O2/c1-11(2)16(19)17(23)20-10-15(22)21-7-3-4-13-8-12(9-18)5-6-14(13)21/h5-6,8,11,16H,3-4,7,9-10,18-19H2,1-2H3,(H,20,23)/t16-/m0/s1. The summed E-state index contributed by atoms with van der Waals surface area (Å²) in [4.78, 5) is 26.1. The third kappa shape index (κ3) is 4.09. The van der Waals surface area contributed by atoms with Gasteiger partial charge in [-0.25, -0.2) is 0 Å². The minimum atomic E-state index is -0.594. The molecule has 2 rings (SSSR count). The van der Waals surface area contributed by atoms with E-state index in [0.29, 0.717) is 13.1 Å². The number of carbonyl (C=O) groups is 2. The van der Waals surface area contributed by atoms with Crippen LogP contribution in [0.25, 0.3) is 0 Å². The highest BCUT2D eigenvalue weighted by atomic mass is 16.2. The van der Waals surface area contributed by atoms with Crippen molar-refractivity contribution in [1.29, 1.82) is 0 Å². The Morgan fingerprint density at radius 1 is 1.35 bits per heavy atom. The summed E-state index contributed by atoms with van der Waals surface area (Å²) in [5.41, 5.74) is 14.6. The molecule has 1 atom stereocenters. The highest BCUT2D eigenvalue weighted by Crippen LogP contribution is 2.28. The van der Waals surface area contributed by atoms with Crippen molar-refractivity contribution < 1.29 is 9.59 Å². The number of anilines is 1. The Bertz CT molecular complexity index is 586. The molecule has 23 heavy (non-hydrogen) atoms. The number of fused-ring (bicyclic) bond motifs is 1. The van der Waals surface area contributed by atoms with Crippen molar-refractivity contribution in [3.8, 4) is 0 Å². The second kappa shape index (κ2) is 7.57. The third-order valence-corrected chi connectivity index (χ3v) is 4.23. The maximum Gasteiger partial charge on any atom is 0.246 e. The van der Waals surface area contributed by atoms with Crippen LogP contribution in [0.3, 0.4) is 0 Å². The molecule has 5 N–H and O–H groups in total. The molecule has 6 heteroatoms. The van der Waals surface area contributed by atoms with Gasteiger partial charge in [-0.15, -0.1) is 0 Å². The van der Waals surface area contributed by atoms with Gasteiger partial charge in [0.2, 0.25) is 11.8 Å². The molecular formula is C17H26N4O2. The van der Waals surface area contributed by atoms with Crippen molar-refractivity contribution in [2.24, 2.45) is 17.4 Å². The van der Waals surface area contributed by atoms with Crippen molar-refractivity contribution in [2.45, 2.75) is 39.3 Å². The molecule has 0 spiro atoms. The van der Waals surface area contributed by atoms with Gasteiger partial charge in [0.05, 0.1) is 12.6 Å². The maximum absolute atomic E-state index is 12.5. The fraction of sp³-hybridized carbons (Fsp3) is 0.529. The quantitative estimate of drug-likeness (QED) is 0.737. The van der Waals surface area contributed by atoms with Crippen molar-refractivity contribution in [3.05, 3.63) is 29.3 Å². The van der Waals surface area contributed by atoms with Crippen molar-refractivity contribution in [3.63, 3.8) is 0 Å². The minimum Gasteiger partial charge on any atom is -0.346 e. The van der Waals surface area contributed by atoms with Gasteiger partial charge in [-0.05, 0) is 36.0 Å². The van der Waals surface area contributed by atoms with Crippen LogP contribution in [0.5, 0.6) is 0 Å². The molecule has 6 nitrogen and oxygen atoms in total. The minimum absolute atomic E-state index is 0.0304. The van der Waals surface area contributed by atoms with Crippen LogP contribution in [0.15, 0.2) is 18.2 Å². The van der Waals surface area contributed by atoms with Gasteiger partial charge in [-0.3, -0.25) is 9.59 Å². The van der Waals surface area contributed by atoms with E-state index >= 15 is 0 Å². The summed E-state index contributed by atoms with van der Waals surface area (Å²) in [5.74, 6) is -0.365. The Balaban J connectivity index is 2.03. The first-order chi connectivity index (χ1) is 10.9. The molecule has 0 saturated carbocycles. The summed E-state index contributed by atoms with van der Waals surface area (Å²) in [6, 6.07) is 5.35. The highest BCUT2D eigenvalue weighted by Gasteiger charge is 2.24. The molecule has 1 heterocycles. The Labute approximate surface area is 137 Å². The van der Waals surface area contributed by atoms with Gasteiger partial charge in [-0.1, -0.05) is 26.0 Å². The van der Waals surface area contributed by atoms with Crippen LogP contribution in [0.4, 0.5) is 5.69 Å². The number of amides is 2. The van der Waals surface area contributed by atoms with Gasteiger partial charge >= 0.3 is 0 Å². The predicted molar refractivity (Wildman–Crippen MR) is 90.8 cm³/mol. The average Bonchev–Trinajstić information content (AvgIpc) is 2.57. The summed E-state index contributed by atoms with van der Waals surface area (Å²) >= 11 is 0. The summed E-state index contributed by atoms with van der Waals surface area (Å²) in [7, 11) is 0. The molecule has 0 fully saturated rings. The van der Waals surface area contributed by atoms with Crippen LogP contribution in [-0.4, -0.2) is 30.9 Å². The Morgan fingerprint density at radius 3 is 2.74 bits per heavy atom. The van der Waals surface area contributed by atoms with Crippen LogP contribution in [-0.2, 0) is 22.6 Å². The van der Waals surface area contributed by atoms with E-state index < -0.39 is 6.04 Å². The van der Waals surface area contributed by atoms with E-state index in [9.17, 15) is 9.59 Å². The van der Waals surface area contributed by atoms with Crippen molar-refractivity contribution >= 4 is 17.5 Å². The van der Waals surface area contributed by atoms with Crippen LogP contribution >= 0.6 is 0 Å². The number of nitrogens with two attached hydrogens (primary N) is 2. The van der Waals surface area contributed by atoms with E-state index in [-0.39, 0.29) is 24.3 Å². The molecule has 1 aliphatic heterocycles. The third-order valence-electron chi connectivity index (χ3n) is 4.23. The Kier molecular flexibility index (Phi) is 5.74. The van der Waals surface area contributed by atoms with Crippen LogP contribution in [0.2, 0.25) is 0 Å². The van der Waals surface area contributed by atoms with E-state index in [1.165, 1.54) is 0 Å². The SMILES string of the molecule is CC(C)[C@H](N)C(=O)NCC(=O)N1CCCc2cc(CN)ccc21. The first-order valence-electron chi connectivity index (χ1n) is 8.09. The first kappa shape index (κ1) is 17.4. The number of hydrogen-bond donors (Lipinski definition) is 3. The van der Waals surface area contributed by atoms with Crippen LogP contribution < -0.4 is 21.7 Å². The predicted octanol–water partition coefficient (Wildman–Crippen LogP) is 0.524. The summed E-state index contributed by atoms with van der Waals surface area (Å²) in [5, 5.41) is 2.64. The lowest BCUT2D eigenvalue weighted by molar-refractivity contribution is -0.126. The zero-order valence-corrected chi connectivity index (χ0v) is 13.8. The van der Waals surface area contributed by atoms with Crippen LogP contribution in [0.1, 0.15) is 31.4 Å². The van der Waals surface area contributed by atoms with E-state index in [4.69, 9.17) is 11.5 Å². The summed E-state index contributed by atoms with van der Waals surface area (Å²) in [6.07, 6.45) is 1.85. The second-order valence-electron chi connectivity index (χ2n) is 6.30. The molecule has 0 aliphatic carbocycles. The fourth-order valence-electron chi connectivity index (χ4n) is 2.72. The van der Waals surface area contributed by atoms with Gasteiger partial charge in [0.15, 0.2) is 0 Å². The van der Waals surface area contributed by atoms with E-state index in [1.54, 1.807) is 4.90 Å². The van der Waals surface area contributed by atoms with Gasteiger partial charge in [0.25, 0.3) is 0 Å². The van der Waals surface area contributed by atoms with Gasteiger partial charge in [-0.2, -0.15) is 0 Å². The van der Waals surface area contributed by atoms with E-state index in [1.807, 2.05) is 26.0 Å². The Morgan fingerprint density at radius 2 is 2.09 bits per heavy atom.